The number of hydrogen-bond acceptors (Lipinski definition) is 3. The Morgan fingerprint density at radius 3 is 2.33 bits per heavy atom. The Bertz CT molecular complexity index is 208. The summed E-state index contributed by atoms with van der Waals surface area (Å²) in [7, 11) is 0. The van der Waals surface area contributed by atoms with Gasteiger partial charge in [-0.2, -0.15) is 5.26 Å². The van der Waals surface area contributed by atoms with Crippen LogP contribution in [0.15, 0.2) is 0 Å². The fraction of sp³-hybridized carbons (Fsp3) is 0.875. The molecule has 2 N–H and O–H groups in total. The van der Waals surface area contributed by atoms with E-state index in [-0.39, 0.29) is 0 Å². The molecule has 1 unspecified atom stereocenters. The predicted octanol–water partition coefficient (Wildman–Crippen LogP) is 0.941. The number of aliphatic hydroxyl groups is 2. The van der Waals surface area contributed by atoms with Gasteiger partial charge in [0.15, 0.2) is 5.60 Å². The zero-order valence-corrected chi connectivity index (χ0v) is 8.34. The van der Waals surface area contributed by atoms with Gasteiger partial charge >= 0.3 is 0 Å². The van der Waals surface area contributed by atoms with Gasteiger partial charge in [0, 0.05) is 0 Å². The van der Waals surface area contributed by atoms with Crippen LogP contribution >= 0.6 is 15.9 Å². The quantitative estimate of drug-likeness (QED) is 0.552. The topological polar surface area (TPSA) is 64.2 Å². The third-order valence-electron chi connectivity index (χ3n) is 2.55. The van der Waals surface area contributed by atoms with Gasteiger partial charge < -0.3 is 10.2 Å². The number of alkyl halides is 1. The van der Waals surface area contributed by atoms with E-state index in [9.17, 15) is 5.11 Å². The van der Waals surface area contributed by atoms with Crippen molar-refractivity contribution >= 4 is 15.9 Å². The van der Waals surface area contributed by atoms with Crippen molar-refractivity contribution in [2.24, 2.45) is 0 Å². The van der Waals surface area contributed by atoms with Crippen LogP contribution in [0.1, 0.15) is 25.7 Å². The Hall–Kier alpha value is -0.110. The summed E-state index contributed by atoms with van der Waals surface area (Å²) in [6.45, 7) is -0.505. The minimum Gasteiger partial charge on any atom is -0.392 e. The first kappa shape index (κ1) is 9.97. The fourth-order valence-corrected chi connectivity index (χ4v) is 2.40. The highest BCUT2D eigenvalue weighted by Crippen LogP contribution is 2.45. The summed E-state index contributed by atoms with van der Waals surface area (Å²) >= 11 is 3.36. The van der Waals surface area contributed by atoms with Gasteiger partial charge in [-0.25, -0.2) is 0 Å². The molecular formula is C8H12BrNO2. The number of nitriles is 1. The van der Waals surface area contributed by atoms with Crippen molar-refractivity contribution < 1.29 is 10.2 Å². The SMILES string of the molecule is N#CC(O)(CO)C1(Br)CCCC1. The number of aliphatic hydroxyl groups excluding tert-OH is 1. The van der Waals surface area contributed by atoms with Crippen LogP contribution in [-0.2, 0) is 0 Å². The summed E-state index contributed by atoms with van der Waals surface area (Å²) in [5.41, 5.74) is -1.62. The maximum absolute atomic E-state index is 9.73. The number of rotatable bonds is 2. The van der Waals surface area contributed by atoms with Crippen molar-refractivity contribution in [3.8, 4) is 6.07 Å². The largest absolute Gasteiger partial charge is 0.392 e. The molecule has 1 fully saturated rings. The summed E-state index contributed by atoms with van der Waals surface area (Å²) < 4.78 is -0.594. The molecule has 4 heteroatoms. The molecule has 0 aromatic rings. The van der Waals surface area contributed by atoms with Crippen molar-refractivity contribution in [1.29, 1.82) is 5.26 Å². The van der Waals surface area contributed by atoms with Crippen LogP contribution in [0.3, 0.4) is 0 Å². The van der Waals surface area contributed by atoms with Gasteiger partial charge in [0.2, 0.25) is 0 Å². The number of nitrogens with zero attached hydrogens (tertiary/aromatic N) is 1. The molecule has 0 heterocycles. The van der Waals surface area contributed by atoms with Crippen molar-refractivity contribution in [1.82, 2.24) is 0 Å². The smallest absolute Gasteiger partial charge is 0.189 e. The molecule has 0 aromatic heterocycles. The molecule has 0 saturated heterocycles. The van der Waals surface area contributed by atoms with E-state index in [1.165, 1.54) is 0 Å². The van der Waals surface area contributed by atoms with Gasteiger partial charge in [-0.05, 0) is 12.8 Å². The molecule has 1 saturated carbocycles. The molecular weight excluding hydrogens is 222 g/mol. The molecule has 1 atom stereocenters. The number of hydrogen-bond donors (Lipinski definition) is 2. The molecule has 0 aromatic carbocycles. The average molecular weight is 234 g/mol. The summed E-state index contributed by atoms with van der Waals surface area (Å²) in [5.74, 6) is 0. The minimum absolute atomic E-state index is 0.505. The van der Waals surface area contributed by atoms with E-state index < -0.39 is 16.5 Å². The average Bonchev–Trinajstić information content (AvgIpc) is 2.52. The van der Waals surface area contributed by atoms with E-state index in [1.807, 2.05) is 0 Å². The normalized spacial score (nSPS) is 26.2. The van der Waals surface area contributed by atoms with Crippen molar-refractivity contribution in [3.05, 3.63) is 0 Å². The third kappa shape index (κ3) is 1.37. The van der Waals surface area contributed by atoms with E-state index in [4.69, 9.17) is 10.4 Å². The van der Waals surface area contributed by atoms with Crippen LogP contribution in [0.25, 0.3) is 0 Å². The predicted molar refractivity (Wildman–Crippen MR) is 47.8 cm³/mol. The standard InChI is InChI=1S/C8H12BrNO2/c9-7(3-1-2-4-7)8(12,5-10)6-11/h11-12H,1-4,6H2. The Morgan fingerprint density at radius 1 is 1.50 bits per heavy atom. The molecule has 1 rings (SSSR count). The molecule has 0 bridgehead atoms. The summed E-state index contributed by atoms with van der Waals surface area (Å²) in [5, 5.41) is 27.4. The molecule has 0 amide bonds. The highest BCUT2D eigenvalue weighted by molar-refractivity contribution is 9.10. The molecule has 3 nitrogen and oxygen atoms in total. The summed E-state index contributed by atoms with van der Waals surface area (Å²) in [4.78, 5) is 0. The highest BCUT2D eigenvalue weighted by atomic mass is 79.9. The molecule has 1 aliphatic carbocycles. The summed E-state index contributed by atoms with van der Waals surface area (Å²) in [6, 6.07) is 1.77. The Balaban J connectivity index is 2.85. The van der Waals surface area contributed by atoms with Crippen LogP contribution in [0.2, 0.25) is 0 Å². The third-order valence-corrected chi connectivity index (χ3v) is 4.00. The number of halogens is 1. The second-order valence-electron chi connectivity index (χ2n) is 3.30. The van der Waals surface area contributed by atoms with Crippen molar-refractivity contribution in [2.45, 2.75) is 35.6 Å². The lowest BCUT2D eigenvalue weighted by molar-refractivity contribution is 0.00430. The van der Waals surface area contributed by atoms with Crippen molar-refractivity contribution in [2.75, 3.05) is 6.61 Å². The second-order valence-corrected chi connectivity index (χ2v) is 4.82. The molecule has 68 valence electrons. The highest BCUT2D eigenvalue weighted by Gasteiger charge is 2.50. The lowest BCUT2D eigenvalue weighted by Gasteiger charge is -2.33. The second kappa shape index (κ2) is 3.33. The molecule has 1 aliphatic rings. The van der Waals surface area contributed by atoms with Crippen LogP contribution < -0.4 is 0 Å². The first-order valence-electron chi connectivity index (χ1n) is 4.01. The minimum atomic E-state index is -1.62. The monoisotopic (exact) mass is 233 g/mol. The first-order chi connectivity index (χ1) is 5.58. The molecule has 0 radical (unpaired) electrons. The fourth-order valence-electron chi connectivity index (χ4n) is 1.63. The molecule has 12 heavy (non-hydrogen) atoms. The lowest BCUT2D eigenvalue weighted by atomic mass is 9.88. The van der Waals surface area contributed by atoms with Gasteiger partial charge in [0.05, 0.1) is 10.9 Å². The maximum Gasteiger partial charge on any atom is 0.189 e. The summed E-state index contributed by atoms with van der Waals surface area (Å²) in [6.07, 6.45) is 3.49. The van der Waals surface area contributed by atoms with Crippen LogP contribution in [-0.4, -0.2) is 26.7 Å². The zero-order valence-electron chi connectivity index (χ0n) is 6.76. The van der Waals surface area contributed by atoms with Gasteiger partial charge in [-0.1, -0.05) is 28.8 Å². The van der Waals surface area contributed by atoms with Crippen LogP contribution in [0.4, 0.5) is 0 Å². The maximum atomic E-state index is 9.73. The molecule has 0 aliphatic heterocycles. The van der Waals surface area contributed by atoms with Crippen LogP contribution in [0.5, 0.6) is 0 Å². The van der Waals surface area contributed by atoms with E-state index in [0.717, 1.165) is 25.7 Å². The Morgan fingerprint density at radius 2 is 2.00 bits per heavy atom. The first-order valence-corrected chi connectivity index (χ1v) is 4.81. The lowest BCUT2D eigenvalue weighted by Crippen LogP contribution is -2.50. The van der Waals surface area contributed by atoms with E-state index in [2.05, 4.69) is 15.9 Å². The molecule has 0 spiro atoms. The van der Waals surface area contributed by atoms with E-state index in [1.54, 1.807) is 6.07 Å². The van der Waals surface area contributed by atoms with Gasteiger partial charge in [-0.15, -0.1) is 0 Å². The van der Waals surface area contributed by atoms with Gasteiger partial charge in [0.1, 0.15) is 6.07 Å². The Kier molecular flexibility index (Phi) is 2.77. The van der Waals surface area contributed by atoms with Crippen molar-refractivity contribution in [3.63, 3.8) is 0 Å². The van der Waals surface area contributed by atoms with E-state index >= 15 is 0 Å². The van der Waals surface area contributed by atoms with Gasteiger partial charge in [0.25, 0.3) is 0 Å². The van der Waals surface area contributed by atoms with Crippen LogP contribution in [0, 0.1) is 11.3 Å². The van der Waals surface area contributed by atoms with E-state index in [0.29, 0.717) is 0 Å². The Labute approximate surface area is 80.1 Å². The van der Waals surface area contributed by atoms with Gasteiger partial charge in [-0.3, -0.25) is 0 Å². The zero-order chi connectivity index (χ0) is 9.24.